The van der Waals surface area contributed by atoms with Gasteiger partial charge in [-0.2, -0.15) is 0 Å². The monoisotopic (exact) mass is 813 g/mol. The summed E-state index contributed by atoms with van der Waals surface area (Å²) in [5.41, 5.74) is 0. The molecule has 6 heteroatoms. The van der Waals surface area contributed by atoms with Gasteiger partial charge in [0, 0.05) is 19.3 Å². The van der Waals surface area contributed by atoms with Gasteiger partial charge < -0.3 is 14.2 Å². The minimum atomic E-state index is -0.781. The molecule has 0 aliphatic carbocycles. The summed E-state index contributed by atoms with van der Waals surface area (Å²) in [4.78, 5) is 37.9. The van der Waals surface area contributed by atoms with Gasteiger partial charge in [0.15, 0.2) is 6.10 Å². The topological polar surface area (TPSA) is 78.9 Å². The summed E-state index contributed by atoms with van der Waals surface area (Å²) in [5, 5.41) is 0. The van der Waals surface area contributed by atoms with Crippen LogP contribution in [0.25, 0.3) is 0 Å². The maximum Gasteiger partial charge on any atom is 0.306 e. The highest BCUT2D eigenvalue weighted by Crippen LogP contribution is 2.15. The lowest BCUT2D eigenvalue weighted by atomic mass is 10.0. The Kier molecular flexibility index (Phi) is 44.9. The zero-order valence-corrected chi connectivity index (χ0v) is 38.3. The molecule has 0 aliphatic rings. The lowest BCUT2D eigenvalue weighted by Crippen LogP contribution is -2.30. The van der Waals surface area contributed by atoms with Crippen molar-refractivity contribution in [3.8, 4) is 0 Å². The molecule has 0 heterocycles. The number of hydrogen-bond acceptors (Lipinski definition) is 6. The first-order chi connectivity index (χ1) is 28.5. The number of esters is 3. The molecule has 0 radical (unpaired) electrons. The molecule has 0 rings (SSSR count). The maximum absolute atomic E-state index is 12.8. The van der Waals surface area contributed by atoms with E-state index in [1.807, 2.05) is 0 Å². The Morgan fingerprint density at radius 1 is 0.362 bits per heavy atom. The Morgan fingerprint density at radius 2 is 0.672 bits per heavy atom. The molecule has 0 aromatic rings. The molecule has 0 saturated heterocycles. The second kappa shape index (κ2) is 47.1. The first-order valence-electron chi connectivity index (χ1n) is 24.6. The zero-order chi connectivity index (χ0) is 42.3. The third kappa shape index (κ3) is 44.5. The maximum atomic E-state index is 12.8. The van der Waals surface area contributed by atoms with E-state index in [1.54, 1.807) is 0 Å². The Balaban J connectivity index is 4.41. The molecule has 0 aliphatic heterocycles. The predicted molar refractivity (Wildman–Crippen MR) is 247 cm³/mol. The fraction of sp³-hybridized carbons (Fsp3) is 0.788. The fourth-order valence-corrected chi connectivity index (χ4v) is 6.86. The molecular formula is C52H92O6. The number of allylic oxidation sites excluding steroid dienone is 8. The highest BCUT2D eigenvalue weighted by atomic mass is 16.6. The summed E-state index contributed by atoms with van der Waals surface area (Å²) < 4.78 is 16.7. The predicted octanol–water partition coefficient (Wildman–Crippen LogP) is 15.9. The van der Waals surface area contributed by atoms with Crippen LogP contribution in [-0.4, -0.2) is 37.2 Å². The van der Waals surface area contributed by atoms with Crippen LogP contribution in [0.2, 0.25) is 0 Å². The van der Waals surface area contributed by atoms with Crippen molar-refractivity contribution >= 4 is 17.9 Å². The molecule has 0 saturated carbocycles. The molecule has 58 heavy (non-hydrogen) atoms. The molecule has 0 aromatic heterocycles. The lowest BCUT2D eigenvalue weighted by molar-refractivity contribution is -0.167. The van der Waals surface area contributed by atoms with Crippen molar-refractivity contribution in [2.75, 3.05) is 13.2 Å². The largest absolute Gasteiger partial charge is 0.462 e. The number of hydrogen-bond donors (Lipinski definition) is 0. The summed E-state index contributed by atoms with van der Waals surface area (Å²) in [6, 6.07) is 0. The molecule has 0 bridgehead atoms. The third-order valence-electron chi connectivity index (χ3n) is 10.6. The van der Waals surface area contributed by atoms with Crippen LogP contribution in [0.4, 0.5) is 0 Å². The van der Waals surface area contributed by atoms with Crippen LogP contribution in [0.5, 0.6) is 0 Å². The Hall–Kier alpha value is -2.63. The van der Waals surface area contributed by atoms with Crippen LogP contribution in [-0.2, 0) is 28.6 Å². The van der Waals surface area contributed by atoms with Crippen molar-refractivity contribution < 1.29 is 28.6 Å². The molecule has 0 aromatic carbocycles. The molecule has 6 nitrogen and oxygen atoms in total. The van der Waals surface area contributed by atoms with Crippen molar-refractivity contribution in [3.63, 3.8) is 0 Å². The van der Waals surface area contributed by atoms with Crippen molar-refractivity contribution in [3.05, 3.63) is 48.6 Å². The second-order valence-corrected chi connectivity index (χ2v) is 16.3. The van der Waals surface area contributed by atoms with E-state index in [2.05, 4.69) is 69.4 Å². The number of ether oxygens (including phenoxy) is 3. The molecule has 0 spiro atoms. The Bertz CT molecular complexity index is 1030. The summed E-state index contributed by atoms with van der Waals surface area (Å²) in [6.07, 6.45) is 55.2. The first kappa shape index (κ1) is 55.4. The van der Waals surface area contributed by atoms with Crippen molar-refractivity contribution in [2.24, 2.45) is 0 Å². The van der Waals surface area contributed by atoms with Crippen LogP contribution in [0.15, 0.2) is 48.6 Å². The highest BCUT2D eigenvalue weighted by molar-refractivity contribution is 5.71. The number of rotatable bonds is 44. The van der Waals surface area contributed by atoms with Crippen molar-refractivity contribution in [1.82, 2.24) is 0 Å². The van der Waals surface area contributed by atoms with Gasteiger partial charge in [-0.25, -0.2) is 0 Å². The van der Waals surface area contributed by atoms with Gasteiger partial charge in [0.25, 0.3) is 0 Å². The van der Waals surface area contributed by atoms with Gasteiger partial charge in [0.1, 0.15) is 13.2 Å². The smallest absolute Gasteiger partial charge is 0.306 e. The quantitative estimate of drug-likeness (QED) is 0.0264. The Labute approximate surface area is 358 Å². The molecule has 1 unspecified atom stereocenters. The standard InChI is InChI=1S/C52H92O6/c1-4-7-10-13-16-19-22-25-27-30-33-36-39-42-45-51(54)57-48-49(47-56-50(53)44-41-38-35-32-29-24-21-18-15-12-9-6-3)58-52(55)46-43-40-37-34-31-28-26-23-20-17-14-11-8-5-2/h7,10,16,18-19,21,25,27,49H,4-6,8-9,11-15,17,20,22-24,26,28-48H2,1-3H3/b10-7-,19-16-,21-18-,27-25-. The summed E-state index contributed by atoms with van der Waals surface area (Å²) >= 11 is 0. The second-order valence-electron chi connectivity index (χ2n) is 16.3. The average molecular weight is 813 g/mol. The number of carbonyl (C=O) groups is 3. The third-order valence-corrected chi connectivity index (χ3v) is 10.6. The minimum absolute atomic E-state index is 0.0829. The Morgan fingerprint density at radius 3 is 1.10 bits per heavy atom. The number of carbonyl (C=O) groups excluding carboxylic acids is 3. The van der Waals surface area contributed by atoms with Crippen molar-refractivity contribution in [1.29, 1.82) is 0 Å². The molecule has 0 fully saturated rings. The summed E-state index contributed by atoms with van der Waals surface area (Å²) in [5.74, 6) is -0.909. The van der Waals surface area contributed by atoms with Gasteiger partial charge in [0.2, 0.25) is 0 Å². The van der Waals surface area contributed by atoms with Crippen LogP contribution < -0.4 is 0 Å². The normalized spacial score (nSPS) is 12.4. The van der Waals surface area contributed by atoms with E-state index >= 15 is 0 Å². The van der Waals surface area contributed by atoms with Gasteiger partial charge in [-0.1, -0.05) is 198 Å². The van der Waals surface area contributed by atoms with Gasteiger partial charge >= 0.3 is 17.9 Å². The van der Waals surface area contributed by atoms with Gasteiger partial charge in [-0.3, -0.25) is 14.4 Å². The van der Waals surface area contributed by atoms with E-state index in [9.17, 15) is 14.4 Å². The summed E-state index contributed by atoms with van der Waals surface area (Å²) in [7, 11) is 0. The van der Waals surface area contributed by atoms with Crippen LogP contribution in [0, 0.1) is 0 Å². The average Bonchev–Trinajstić information content (AvgIpc) is 3.22. The van der Waals surface area contributed by atoms with E-state index in [0.29, 0.717) is 19.3 Å². The SMILES string of the molecule is CC/C=C\C/C=C\C/C=C\CCCCCCC(=O)OCC(COC(=O)CCCCCCC/C=C\CCCCC)OC(=O)CCCCCCCCCCCCCCCC. The van der Waals surface area contributed by atoms with E-state index in [4.69, 9.17) is 14.2 Å². The molecular weight excluding hydrogens is 721 g/mol. The van der Waals surface area contributed by atoms with E-state index < -0.39 is 6.10 Å². The summed E-state index contributed by atoms with van der Waals surface area (Å²) in [6.45, 7) is 6.48. The molecule has 336 valence electrons. The van der Waals surface area contributed by atoms with Crippen LogP contribution in [0.3, 0.4) is 0 Å². The molecule has 0 amide bonds. The van der Waals surface area contributed by atoms with E-state index in [-0.39, 0.29) is 31.1 Å². The fourth-order valence-electron chi connectivity index (χ4n) is 6.86. The van der Waals surface area contributed by atoms with Gasteiger partial charge in [0.05, 0.1) is 0 Å². The van der Waals surface area contributed by atoms with E-state index in [0.717, 1.165) is 96.3 Å². The van der Waals surface area contributed by atoms with Gasteiger partial charge in [-0.05, 0) is 77.0 Å². The van der Waals surface area contributed by atoms with Crippen LogP contribution >= 0.6 is 0 Å². The molecule has 1 atom stereocenters. The van der Waals surface area contributed by atoms with Crippen molar-refractivity contribution in [2.45, 2.75) is 252 Å². The van der Waals surface area contributed by atoms with Gasteiger partial charge in [-0.15, -0.1) is 0 Å². The first-order valence-corrected chi connectivity index (χ1v) is 24.6. The lowest BCUT2D eigenvalue weighted by Gasteiger charge is -2.18. The highest BCUT2D eigenvalue weighted by Gasteiger charge is 2.19. The number of unbranched alkanes of at least 4 members (excludes halogenated alkanes) is 25. The van der Waals surface area contributed by atoms with E-state index in [1.165, 1.54) is 109 Å². The molecule has 0 N–H and O–H groups in total. The van der Waals surface area contributed by atoms with Crippen LogP contribution in [0.1, 0.15) is 245 Å². The zero-order valence-electron chi connectivity index (χ0n) is 38.3. The minimum Gasteiger partial charge on any atom is -0.462 e.